The van der Waals surface area contributed by atoms with Gasteiger partial charge in [-0.3, -0.25) is 4.98 Å². The summed E-state index contributed by atoms with van der Waals surface area (Å²) in [6, 6.07) is 3.64. The lowest BCUT2D eigenvalue weighted by molar-refractivity contribution is -0.0368. The quantitative estimate of drug-likeness (QED) is 0.871. The van der Waals surface area contributed by atoms with Gasteiger partial charge in [0.15, 0.2) is 0 Å². The maximum Gasteiger partial charge on any atom is 0.410 e. The molecule has 1 aromatic heterocycles. The number of aromatic nitrogens is 1. The summed E-state index contributed by atoms with van der Waals surface area (Å²) in [5.41, 5.74) is 0.341. The Morgan fingerprint density at radius 3 is 2.48 bits per heavy atom. The highest BCUT2D eigenvalue weighted by atomic mass is 16.6. The molecule has 128 valence electrons. The van der Waals surface area contributed by atoms with Gasteiger partial charge in [-0.2, -0.15) is 0 Å². The summed E-state index contributed by atoms with van der Waals surface area (Å²) < 4.78 is 5.36. The number of carbonyl (C=O) groups excluding carboxylic acids is 1. The van der Waals surface area contributed by atoms with Crippen LogP contribution in [-0.2, 0) is 16.9 Å². The van der Waals surface area contributed by atoms with Gasteiger partial charge < -0.3 is 19.8 Å². The van der Waals surface area contributed by atoms with E-state index in [-0.39, 0.29) is 12.7 Å². The first-order valence-electron chi connectivity index (χ1n) is 7.93. The van der Waals surface area contributed by atoms with Gasteiger partial charge in [0.1, 0.15) is 5.60 Å². The van der Waals surface area contributed by atoms with Gasteiger partial charge in [0, 0.05) is 24.3 Å². The molecule has 0 radical (unpaired) electrons. The van der Waals surface area contributed by atoms with Crippen molar-refractivity contribution >= 4 is 6.09 Å². The van der Waals surface area contributed by atoms with Crippen LogP contribution in [0.1, 0.15) is 50.6 Å². The molecule has 1 amide bonds. The van der Waals surface area contributed by atoms with Crippen molar-refractivity contribution in [1.29, 1.82) is 0 Å². The third-order valence-electron chi connectivity index (χ3n) is 4.01. The number of piperidine rings is 1. The largest absolute Gasteiger partial charge is 0.444 e. The minimum Gasteiger partial charge on any atom is -0.444 e. The van der Waals surface area contributed by atoms with Crippen LogP contribution in [-0.4, -0.2) is 44.9 Å². The minimum absolute atomic E-state index is 0.213. The van der Waals surface area contributed by atoms with Gasteiger partial charge in [0.2, 0.25) is 0 Å². The van der Waals surface area contributed by atoms with E-state index in [4.69, 9.17) is 4.74 Å². The van der Waals surface area contributed by atoms with Crippen molar-refractivity contribution in [3.05, 3.63) is 29.1 Å². The van der Waals surface area contributed by atoms with Gasteiger partial charge in [-0.25, -0.2) is 4.79 Å². The molecule has 1 fully saturated rings. The van der Waals surface area contributed by atoms with Crippen LogP contribution >= 0.6 is 0 Å². The summed E-state index contributed by atoms with van der Waals surface area (Å²) in [6.07, 6.45) is 0.428. The third-order valence-corrected chi connectivity index (χ3v) is 4.01. The molecule has 1 saturated heterocycles. The topological polar surface area (TPSA) is 82.9 Å². The second kappa shape index (κ2) is 6.45. The fraction of sp³-hybridized carbons (Fsp3) is 0.647. The second-order valence-corrected chi connectivity index (χ2v) is 7.10. The van der Waals surface area contributed by atoms with E-state index in [2.05, 4.69) is 4.98 Å². The standard InChI is InChI=1S/C17H26N2O4/c1-12-5-6-13(14(11-20)18-12)17(22)7-9-19(10-8-17)15(21)23-16(2,3)4/h5-6,20,22H,7-11H2,1-4H3. The second-order valence-electron chi connectivity index (χ2n) is 7.10. The van der Waals surface area contributed by atoms with Crippen molar-refractivity contribution in [2.45, 2.75) is 58.3 Å². The predicted molar refractivity (Wildman–Crippen MR) is 85.8 cm³/mol. The number of ether oxygens (including phenoxy) is 1. The Morgan fingerprint density at radius 1 is 1.35 bits per heavy atom. The monoisotopic (exact) mass is 322 g/mol. The van der Waals surface area contributed by atoms with Gasteiger partial charge in [-0.1, -0.05) is 6.07 Å². The van der Waals surface area contributed by atoms with Crippen molar-refractivity contribution in [1.82, 2.24) is 9.88 Å². The first-order chi connectivity index (χ1) is 10.6. The van der Waals surface area contributed by atoms with E-state index in [0.29, 0.717) is 37.2 Å². The first kappa shape index (κ1) is 17.7. The SMILES string of the molecule is Cc1ccc(C2(O)CCN(C(=O)OC(C)(C)C)CC2)c(CO)n1. The van der Waals surface area contributed by atoms with Crippen molar-refractivity contribution in [3.8, 4) is 0 Å². The van der Waals surface area contributed by atoms with Gasteiger partial charge in [-0.15, -0.1) is 0 Å². The normalized spacial score (nSPS) is 17.9. The molecule has 0 atom stereocenters. The van der Waals surface area contributed by atoms with Crippen molar-refractivity contribution < 1.29 is 19.7 Å². The molecule has 2 heterocycles. The van der Waals surface area contributed by atoms with Crippen molar-refractivity contribution in [2.24, 2.45) is 0 Å². The fourth-order valence-corrected chi connectivity index (χ4v) is 2.81. The summed E-state index contributed by atoms with van der Waals surface area (Å²) in [5.74, 6) is 0. The van der Waals surface area contributed by atoms with Crippen LogP contribution < -0.4 is 0 Å². The molecule has 6 nitrogen and oxygen atoms in total. The molecule has 0 spiro atoms. The fourth-order valence-electron chi connectivity index (χ4n) is 2.81. The Morgan fingerprint density at radius 2 is 1.96 bits per heavy atom. The van der Waals surface area contributed by atoms with Crippen LogP contribution in [0, 0.1) is 6.92 Å². The third kappa shape index (κ3) is 4.20. The molecule has 1 aromatic rings. The average Bonchev–Trinajstić information content (AvgIpc) is 2.45. The molecular weight excluding hydrogens is 296 g/mol. The lowest BCUT2D eigenvalue weighted by atomic mass is 9.83. The molecule has 0 aromatic carbocycles. The number of rotatable bonds is 2. The molecule has 0 unspecified atom stereocenters. The Bertz CT molecular complexity index is 572. The number of aryl methyl sites for hydroxylation is 1. The molecule has 2 rings (SSSR count). The van der Waals surface area contributed by atoms with Crippen LogP contribution in [0.25, 0.3) is 0 Å². The van der Waals surface area contributed by atoms with E-state index < -0.39 is 11.2 Å². The lowest BCUT2D eigenvalue weighted by Gasteiger charge is -2.39. The van der Waals surface area contributed by atoms with Gasteiger partial charge in [0.05, 0.1) is 17.9 Å². The van der Waals surface area contributed by atoms with Crippen LogP contribution in [0.15, 0.2) is 12.1 Å². The molecule has 6 heteroatoms. The number of likely N-dealkylation sites (tertiary alicyclic amines) is 1. The van der Waals surface area contributed by atoms with Crippen molar-refractivity contribution in [3.63, 3.8) is 0 Å². The molecule has 1 aliphatic heterocycles. The van der Waals surface area contributed by atoms with E-state index in [9.17, 15) is 15.0 Å². The highest BCUT2D eigenvalue weighted by Crippen LogP contribution is 2.35. The van der Waals surface area contributed by atoms with E-state index >= 15 is 0 Å². The maximum absolute atomic E-state index is 12.1. The van der Waals surface area contributed by atoms with Gasteiger partial charge in [-0.05, 0) is 46.6 Å². The molecule has 0 bridgehead atoms. The van der Waals surface area contributed by atoms with Crippen LogP contribution in [0.2, 0.25) is 0 Å². The molecule has 1 aliphatic rings. The number of aliphatic hydroxyl groups excluding tert-OH is 1. The molecule has 0 saturated carbocycles. The number of hydrogen-bond acceptors (Lipinski definition) is 5. The summed E-state index contributed by atoms with van der Waals surface area (Å²) in [6.45, 7) is 7.94. The van der Waals surface area contributed by atoms with E-state index in [1.165, 1.54) is 0 Å². The maximum atomic E-state index is 12.1. The average molecular weight is 322 g/mol. The Labute approximate surface area is 137 Å². The van der Waals surface area contributed by atoms with Crippen LogP contribution in [0.4, 0.5) is 4.79 Å². The molecule has 0 aliphatic carbocycles. The van der Waals surface area contributed by atoms with E-state index in [0.717, 1.165) is 5.69 Å². The summed E-state index contributed by atoms with van der Waals surface area (Å²) in [4.78, 5) is 18.0. The minimum atomic E-state index is -1.07. The number of amides is 1. The Kier molecular flexibility index (Phi) is 4.96. The predicted octanol–water partition coefficient (Wildman–Crippen LogP) is 2.10. The number of hydrogen-bond donors (Lipinski definition) is 2. The zero-order chi connectivity index (χ0) is 17.3. The summed E-state index contributed by atoms with van der Waals surface area (Å²) in [7, 11) is 0. The number of nitrogens with zero attached hydrogens (tertiary/aromatic N) is 2. The van der Waals surface area contributed by atoms with Crippen LogP contribution in [0.5, 0.6) is 0 Å². The number of carbonyl (C=O) groups is 1. The zero-order valence-electron chi connectivity index (χ0n) is 14.3. The molecule has 23 heavy (non-hydrogen) atoms. The zero-order valence-corrected chi connectivity index (χ0v) is 14.3. The highest BCUT2D eigenvalue weighted by Gasteiger charge is 2.38. The lowest BCUT2D eigenvalue weighted by Crippen LogP contribution is -2.47. The van der Waals surface area contributed by atoms with E-state index in [1.54, 1.807) is 4.90 Å². The number of pyridine rings is 1. The smallest absolute Gasteiger partial charge is 0.410 e. The van der Waals surface area contributed by atoms with Gasteiger partial charge in [0.25, 0.3) is 0 Å². The summed E-state index contributed by atoms with van der Waals surface area (Å²) >= 11 is 0. The van der Waals surface area contributed by atoms with Gasteiger partial charge >= 0.3 is 6.09 Å². The summed E-state index contributed by atoms with van der Waals surface area (Å²) in [5, 5.41) is 20.4. The molecular formula is C17H26N2O4. The van der Waals surface area contributed by atoms with Crippen LogP contribution in [0.3, 0.4) is 0 Å². The first-order valence-corrected chi connectivity index (χ1v) is 7.93. The highest BCUT2D eigenvalue weighted by molar-refractivity contribution is 5.68. The Balaban J connectivity index is 2.09. The number of aliphatic hydroxyl groups is 2. The van der Waals surface area contributed by atoms with Crippen molar-refractivity contribution in [2.75, 3.05) is 13.1 Å². The molecule has 2 N–H and O–H groups in total. The Hall–Kier alpha value is -1.66. The van der Waals surface area contributed by atoms with E-state index in [1.807, 2.05) is 39.8 Å².